The summed E-state index contributed by atoms with van der Waals surface area (Å²) < 4.78 is 30.2. The van der Waals surface area contributed by atoms with E-state index in [9.17, 15) is 8.94 Å². The lowest BCUT2D eigenvalue weighted by molar-refractivity contribution is 0.484. The van der Waals surface area contributed by atoms with Crippen molar-refractivity contribution >= 4 is 32.9 Å². The molecule has 0 aliphatic heterocycles. The molecule has 0 fully saturated rings. The SMILES string of the molecule is C[C@@H](N[S+]([O-])C(C)(C)C)c1cn2cc(CF)cc(Br)c2n1. The Labute approximate surface area is 135 Å². The van der Waals surface area contributed by atoms with Gasteiger partial charge in [0.2, 0.25) is 0 Å². The third-order valence-electron chi connectivity index (χ3n) is 3.02. The van der Waals surface area contributed by atoms with Crippen LogP contribution < -0.4 is 4.72 Å². The summed E-state index contributed by atoms with van der Waals surface area (Å²) in [6.45, 7) is 7.13. The minimum atomic E-state index is -1.17. The molecule has 0 radical (unpaired) electrons. The van der Waals surface area contributed by atoms with Gasteiger partial charge in [-0.2, -0.15) is 0 Å². The van der Waals surface area contributed by atoms with E-state index in [4.69, 9.17) is 0 Å². The van der Waals surface area contributed by atoms with Gasteiger partial charge in [0.05, 0.1) is 16.2 Å². The van der Waals surface area contributed by atoms with Crippen LogP contribution in [-0.4, -0.2) is 18.7 Å². The predicted octanol–water partition coefficient (Wildman–Crippen LogP) is 3.68. The molecule has 2 atom stereocenters. The molecule has 1 unspecified atom stereocenters. The second kappa shape index (κ2) is 6.24. The van der Waals surface area contributed by atoms with E-state index in [2.05, 4.69) is 25.6 Å². The van der Waals surface area contributed by atoms with Gasteiger partial charge in [0, 0.05) is 29.3 Å². The Morgan fingerprint density at radius 1 is 1.48 bits per heavy atom. The third-order valence-corrected chi connectivity index (χ3v) is 5.28. The number of hydrogen-bond donors (Lipinski definition) is 1. The second-order valence-electron chi connectivity index (χ2n) is 5.95. The van der Waals surface area contributed by atoms with Crippen molar-refractivity contribution in [2.24, 2.45) is 0 Å². The number of alkyl halides is 1. The largest absolute Gasteiger partial charge is 0.598 e. The Hall–Kier alpha value is -0.630. The van der Waals surface area contributed by atoms with Crippen LogP contribution in [-0.2, 0) is 18.0 Å². The molecular weight excluding hydrogens is 357 g/mol. The Morgan fingerprint density at radius 3 is 2.71 bits per heavy atom. The molecule has 2 heterocycles. The lowest BCUT2D eigenvalue weighted by atomic mass is 10.3. The molecule has 0 aliphatic carbocycles. The summed E-state index contributed by atoms with van der Waals surface area (Å²) in [5, 5.41) is 0. The zero-order valence-electron chi connectivity index (χ0n) is 12.5. The first-order valence-corrected chi connectivity index (χ1v) is 8.57. The van der Waals surface area contributed by atoms with Gasteiger partial charge in [0.25, 0.3) is 0 Å². The summed E-state index contributed by atoms with van der Waals surface area (Å²) in [6, 6.07) is 1.56. The van der Waals surface area contributed by atoms with Crippen LogP contribution in [0, 0.1) is 0 Å². The number of imidazole rings is 1. The summed E-state index contributed by atoms with van der Waals surface area (Å²) >= 11 is 2.23. The zero-order valence-corrected chi connectivity index (χ0v) is 14.9. The lowest BCUT2D eigenvalue weighted by Gasteiger charge is -2.25. The van der Waals surface area contributed by atoms with Crippen molar-refractivity contribution in [3.8, 4) is 0 Å². The highest BCUT2D eigenvalue weighted by Crippen LogP contribution is 2.24. The van der Waals surface area contributed by atoms with E-state index in [0.29, 0.717) is 5.56 Å². The van der Waals surface area contributed by atoms with E-state index in [1.807, 2.05) is 33.9 Å². The Morgan fingerprint density at radius 2 is 2.14 bits per heavy atom. The summed E-state index contributed by atoms with van der Waals surface area (Å²) in [4.78, 5) is 4.52. The Kier molecular flexibility index (Phi) is 4.97. The molecule has 0 spiro atoms. The quantitative estimate of drug-likeness (QED) is 0.829. The third kappa shape index (κ3) is 3.77. The molecule has 116 valence electrons. The van der Waals surface area contributed by atoms with Gasteiger partial charge in [-0.1, -0.05) is 0 Å². The maximum atomic E-state index is 12.8. The highest BCUT2D eigenvalue weighted by Gasteiger charge is 2.29. The first-order valence-electron chi connectivity index (χ1n) is 6.63. The predicted molar refractivity (Wildman–Crippen MR) is 87.2 cm³/mol. The van der Waals surface area contributed by atoms with Crippen LogP contribution in [0.3, 0.4) is 0 Å². The Bertz CT molecular complexity index is 641. The van der Waals surface area contributed by atoms with Gasteiger partial charge in [-0.05, 0) is 49.7 Å². The van der Waals surface area contributed by atoms with Gasteiger partial charge in [0.1, 0.15) is 11.4 Å². The number of pyridine rings is 1. The topological polar surface area (TPSA) is 52.4 Å². The Balaban J connectivity index is 2.28. The molecule has 0 saturated heterocycles. The smallest absolute Gasteiger partial charge is 0.151 e. The van der Waals surface area contributed by atoms with Crippen LogP contribution in [0.2, 0.25) is 0 Å². The number of aromatic nitrogens is 2. The number of nitrogens with one attached hydrogen (secondary N) is 1. The van der Waals surface area contributed by atoms with E-state index >= 15 is 0 Å². The normalized spacial score (nSPS) is 15.4. The molecule has 2 aromatic rings. The van der Waals surface area contributed by atoms with Gasteiger partial charge in [-0.3, -0.25) is 0 Å². The number of hydrogen-bond acceptors (Lipinski definition) is 3. The number of rotatable bonds is 4. The molecule has 2 aromatic heterocycles. The van der Waals surface area contributed by atoms with Crippen molar-refractivity contribution in [2.45, 2.75) is 45.2 Å². The van der Waals surface area contributed by atoms with Crippen LogP contribution in [0.25, 0.3) is 5.65 Å². The van der Waals surface area contributed by atoms with Crippen LogP contribution in [0.1, 0.15) is 45.0 Å². The van der Waals surface area contributed by atoms with E-state index in [1.54, 1.807) is 16.7 Å². The van der Waals surface area contributed by atoms with Crippen LogP contribution in [0.15, 0.2) is 22.9 Å². The van der Waals surface area contributed by atoms with Crippen LogP contribution in [0.4, 0.5) is 4.39 Å². The lowest BCUT2D eigenvalue weighted by Crippen LogP contribution is -2.40. The number of nitrogens with zero attached hydrogens (tertiary/aromatic N) is 2. The molecule has 21 heavy (non-hydrogen) atoms. The summed E-state index contributed by atoms with van der Waals surface area (Å²) in [5.74, 6) is 0. The first kappa shape index (κ1) is 16.7. The molecule has 2 rings (SSSR count). The molecule has 0 amide bonds. The van der Waals surface area contributed by atoms with Gasteiger partial charge in [0.15, 0.2) is 5.65 Å². The molecule has 7 heteroatoms. The molecule has 0 aromatic carbocycles. The van der Waals surface area contributed by atoms with Crippen LogP contribution in [0.5, 0.6) is 0 Å². The minimum Gasteiger partial charge on any atom is -0.598 e. The van der Waals surface area contributed by atoms with Gasteiger partial charge < -0.3 is 8.95 Å². The first-order chi connectivity index (χ1) is 9.72. The van der Waals surface area contributed by atoms with Gasteiger partial charge >= 0.3 is 0 Å². The molecule has 0 aliphatic rings. The molecule has 1 N–H and O–H groups in total. The number of fused-ring (bicyclic) bond motifs is 1. The highest BCUT2D eigenvalue weighted by molar-refractivity contribution is 9.10. The highest BCUT2D eigenvalue weighted by atomic mass is 79.9. The van der Waals surface area contributed by atoms with E-state index < -0.39 is 18.0 Å². The van der Waals surface area contributed by atoms with E-state index in [1.165, 1.54) is 0 Å². The van der Waals surface area contributed by atoms with E-state index in [-0.39, 0.29) is 10.8 Å². The van der Waals surface area contributed by atoms with Crippen LogP contribution >= 0.6 is 15.9 Å². The van der Waals surface area contributed by atoms with Gasteiger partial charge in [-0.15, -0.1) is 4.72 Å². The zero-order chi connectivity index (χ0) is 15.8. The molecular formula is C14H19BrFN3OS. The van der Waals surface area contributed by atoms with Crippen molar-refractivity contribution < 1.29 is 8.94 Å². The maximum absolute atomic E-state index is 12.8. The number of halogens is 2. The minimum absolute atomic E-state index is 0.161. The summed E-state index contributed by atoms with van der Waals surface area (Å²) in [5.41, 5.74) is 2.07. The van der Waals surface area contributed by atoms with Crippen molar-refractivity contribution in [3.63, 3.8) is 0 Å². The maximum Gasteiger partial charge on any atom is 0.151 e. The van der Waals surface area contributed by atoms with Crippen molar-refractivity contribution in [1.29, 1.82) is 0 Å². The van der Waals surface area contributed by atoms with E-state index in [0.717, 1.165) is 15.8 Å². The average molecular weight is 376 g/mol. The fraction of sp³-hybridized carbons (Fsp3) is 0.500. The van der Waals surface area contributed by atoms with Crippen molar-refractivity contribution in [3.05, 3.63) is 34.2 Å². The summed E-state index contributed by atoms with van der Waals surface area (Å²) in [7, 11) is 0. The van der Waals surface area contributed by atoms with Gasteiger partial charge in [-0.25, -0.2) is 9.37 Å². The monoisotopic (exact) mass is 375 g/mol. The molecule has 0 saturated carbocycles. The second-order valence-corrected chi connectivity index (χ2v) is 8.80. The molecule has 0 bridgehead atoms. The van der Waals surface area contributed by atoms with Crippen molar-refractivity contribution in [2.75, 3.05) is 0 Å². The average Bonchev–Trinajstić information content (AvgIpc) is 2.81. The van der Waals surface area contributed by atoms with Crippen molar-refractivity contribution in [1.82, 2.24) is 14.1 Å². The summed E-state index contributed by atoms with van der Waals surface area (Å²) in [6.07, 6.45) is 3.54. The molecule has 4 nitrogen and oxygen atoms in total. The standard InChI is InChI=1S/C14H19BrFN3OS/c1-9(18-21(20)14(2,3)4)12-8-19-7-10(6-16)5-11(15)13(19)17-12/h5,7-9,18H,6H2,1-4H3/t9-,21?/m1/s1. The fourth-order valence-corrected chi connectivity index (χ4v) is 3.19. The fourth-order valence-electron chi connectivity index (χ4n) is 1.81.